The van der Waals surface area contributed by atoms with Crippen LogP contribution in [0.2, 0.25) is 0 Å². The first-order valence-corrected chi connectivity index (χ1v) is 4.25. The van der Waals surface area contributed by atoms with Crippen LogP contribution in [0.5, 0.6) is 0 Å². The molecular weight excluding hydrogens is 167 g/mol. The number of nitriles is 1. The largest absolute Gasteiger partial charge is 0.371 e. The van der Waals surface area contributed by atoms with Crippen molar-refractivity contribution in [2.45, 2.75) is 6.42 Å². The van der Waals surface area contributed by atoms with E-state index in [-0.39, 0.29) is 5.82 Å². The monoisotopic (exact) mass is 176 g/mol. The Kier molecular flexibility index (Phi) is 1.90. The number of anilines is 1. The molecule has 2 rings (SSSR count). The van der Waals surface area contributed by atoms with Crippen molar-refractivity contribution < 1.29 is 4.39 Å². The highest BCUT2D eigenvalue weighted by molar-refractivity contribution is 5.53. The van der Waals surface area contributed by atoms with Gasteiger partial charge >= 0.3 is 0 Å². The van der Waals surface area contributed by atoms with Crippen LogP contribution in [-0.4, -0.2) is 13.1 Å². The number of nitrogens with zero attached hydrogens (tertiary/aromatic N) is 2. The summed E-state index contributed by atoms with van der Waals surface area (Å²) >= 11 is 0. The van der Waals surface area contributed by atoms with Gasteiger partial charge in [-0.1, -0.05) is 0 Å². The third kappa shape index (κ3) is 1.48. The Morgan fingerprint density at radius 2 is 2.08 bits per heavy atom. The first-order valence-electron chi connectivity index (χ1n) is 4.25. The molecule has 2 nitrogen and oxygen atoms in total. The van der Waals surface area contributed by atoms with E-state index in [2.05, 4.69) is 4.90 Å². The van der Waals surface area contributed by atoms with E-state index >= 15 is 0 Å². The molecule has 1 aliphatic heterocycles. The Labute approximate surface area is 76.2 Å². The van der Waals surface area contributed by atoms with Crippen LogP contribution in [0.25, 0.3) is 0 Å². The molecule has 0 N–H and O–H groups in total. The van der Waals surface area contributed by atoms with Crippen molar-refractivity contribution >= 4 is 5.69 Å². The second kappa shape index (κ2) is 3.06. The smallest absolute Gasteiger partial charge is 0.126 e. The molecule has 0 radical (unpaired) electrons. The van der Waals surface area contributed by atoms with Crippen LogP contribution in [-0.2, 0) is 0 Å². The van der Waals surface area contributed by atoms with Crippen LogP contribution in [0.15, 0.2) is 18.2 Å². The van der Waals surface area contributed by atoms with E-state index in [1.54, 1.807) is 6.07 Å². The summed E-state index contributed by atoms with van der Waals surface area (Å²) in [5, 5.41) is 8.62. The SMILES string of the molecule is N#Cc1cc(F)cc(N2CCC2)c1. The van der Waals surface area contributed by atoms with Gasteiger partial charge in [0.1, 0.15) is 5.82 Å². The maximum Gasteiger partial charge on any atom is 0.126 e. The summed E-state index contributed by atoms with van der Waals surface area (Å²) in [6, 6.07) is 6.39. The van der Waals surface area contributed by atoms with Gasteiger partial charge in [-0.3, -0.25) is 0 Å². The van der Waals surface area contributed by atoms with E-state index in [1.165, 1.54) is 12.1 Å². The maximum absolute atomic E-state index is 13.0. The number of hydrogen-bond acceptors (Lipinski definition) is 2. The lowest BCUT2D eigenvalue weighted by Gasteiger charge is -2.33. The summed E-state index contributed by atoms with van der Waals surface area (Å²) in [6.45, 7) is 1.93. The number of rotatable bonds is 1. The van der Waals surface area contributed by atoms with Gasteiger partial charge in [-0.2, -0.15) is 5.26 Å². The van der Waals surface area contributed by atoms with E-state index in [4.69, 9.17) is 5.26 Å². The van der Waals surface area contributed by atoms with Crippen molar-refractivity contribution in [3.63, 3.8) is 0 Å². The third-order valence-electron chi connectivity index (χ3n) is 2.23. The van der Waals surface area contributed by atoms with Crippen molar-refractivity contribution in [1.29, 1.82) is 5.26 Å². The second-order valence-electron chi connectivity index (χ2n) is 3.15. The van der Waals surface area contributed by atoms with Crippen LogP contribution in [0.1, 0.15) is 12.0 Å². The molecule has 1 aliphatic rings. The quantitative estimate of drug-likeness (QED) is 0.653. The molecule has 1 heterocycles. The Bertz CT molecular complexity index is 364. The maximum atomic E-state index is 13.0. The molecule has 0 atom stereocenters. The minimum Gasteiger partial charge on any atom is -0.371 e. The Hall–Kier alpha value is -1.56. The van der Waals surface area contributed by atoms with Crippen molar-refractivity contribution in [3.8, 4) is 6.07 Å². The molecule has 0 aliphatic carbocycles. The van der Waals surface area contributed by atoms with Gasteiger partial charge in [-0.15, -0.1) is 0 Å². The summed E-state index contributed by atoms with van der Waals surface area (Å²) in [7, 11) is 0. The van der Waals surface area contributed by atoms with Crippen LogP contribution in [0, 0.1) is 17.1 Å². The average molecular weight is 176 g/mol. The van der Waals surface area contributed by atoms with Crippen molar-refractivity contribution in [2.75, 3.05) is 18.0 Å². The topological polar surface area (TPSA) is 27.0 Å². The van der Waals surface area contributed by atoms with Crippen molar-refractivity contribution in [1.82, 2.24) is 0 Å². The predicted molar refractivity (Wildman–Crippen MR) is 47.9 cm³/mol. The molecule has 0 spiro atoms. The zero-order valence-corrected chi connectivity index (χ0v) is 7.13. The summed E-state index contributed by atoms with van der Waals surface area (Å²) in [4.78, 5) is 2.06. The summed E-state index contributed by atoms with van der Waals surface area (Å²) in [5.74, 6) is -0.332. The molecule has 0 unspecified atom stereocenters. The lowest BCUT2D eigenvalue weighted by Crippen LogP contribution is -2.37. The number of halogens is 1. The van der Waals surface area contributed by atoms with Crippen LogP contribution in [0.3, 0.4) is 0 Å². The molecule has 1 saturated heterocycles. The number of hydrogen-bond donors (Lipinski definition) is 0. The molecule has 1 aromatic rings. The van der Waals surface area contributed by atoms with Crippen molar-refractivity contribution in [3.05, 3.63) is 29.6 Å². The fourth-order valence-corrected chi connectivity index (χ4v) is 1.40. The summed E-state index contributed by atoms with van der Waals surface area (Å²) in [5.41, 5.74) is 1.21. The second-order valence-corrected chi connectivity index (χ2v) is 3.15. The number of benzene rings is 1. The van der Waals surface area contributed by atoms with Crippen molar-refractivity contribution in [2.24, 2.45) is 0 Å². The van der Waals surface area contributed by atoms with E-state index in [9.17, 15) is 4.39 Å². The molecular formula is C10H9FN2. The molecule has 3 heteroatoms. The minimum atomic E-state index is -0.332. The van der Waals surface area contributed by atoms with Gasteiger partial charge in [0, 0.05) is 18.8 Å². The molecule has 13 heavy (non-hydrogen) atoms. The van der Waals surface area contributed by atoms with Crippen LogP contribution >= 0.6 is 0 Å². The zero-order chi connectivity index (χ0) is 9.26. The lowest BCUT2D eigenvalue weighted by atomic mass is 10.1. The van der Waals surface area contributed by atoms with E-state index in [0.29, 0.717) is 5.56 Å². The Morgan fingerprint density at radius 3 is 2.62 bits per heavy atom. The predicted octanol–water partition coefficient (Wildman–Crippen LogP) is 1.91. The van der Waals surface area contributed by atoms with E-state index in [1.807, 2.05) is 6.07 Å². The van der Waals surface area contributed by atoms with Gasteiger partial charge in [-0.25, -0.2) is 4.39 Å². The highest BCUT2D eigenvalue weighted by Crippen LogP contribution is 2.22. The van der Waals surface area contributed by atoms with Gasteiger partial charge in [0.25, 0.3) is 0 Å². The normalized spacial score (nSPS) is 14.9. The minimum absolute atomic E-state index is 0.332. The molecule has 1 aromatic carbocycles. The highest BCUT2D eigenvalue weighted by Gasteiger charge is 2.15. The third-order valence-corrected chi connectivity index (χ3v) is 2.23. The molecule has 0 amide bonds. The van der Waals surface area contributed by atoms with Crippen LogP contribution < -0.4 is 4.90 Å². The van der Waals surface area contributed by atoms with Crippen LogP contribution in [0.4, 0.5) is 10.1 Å². The van der Waals surface area contributed by atoms with E-state index in [0.717, 1.165) is 25.2 Å². The Morgan fingerprint density at radius 1 is 1.31 bits per heavy atom. The molecule has 66 valence electrons. The van der Waals surface area contributed by atoms with Gasteiger partial charge in [0.05, 0.1) is 11.6 Å². The lowest BCUT2D eigenvalue weighted by molar-refractivity contribution is 0.603. The molecule has 0 bridgehead atoms. The standard InChI is InChI=1S/C10H9FN2/c11-9-4-8(7-12)5-10(6-9)13-2-1-3-13/h4-6H,1-3H2. The summed E-state index contributed by atoms with van der Waals surface area (Å²) < 4.78 is 13.0. The molecule has 1 fully saturated rings. The molecule has 0 aromatic heterocycles. The van der Waals surface area contributed by atoms with Gasteiger partial charge in [-0.05, 0) is 24.6 Å². The highest BCUT2D eigenvalue weighted by atomic mass is 19.1. The summed E-state index contributed by atoms with van der Waals surface area (Å²) in [6.07, 6.45) is 1.15. The first-order chi connectivity index (χ1) is 6.29. The zero-order valence-electron chi connectivity index (χ0n) is 7.13. The van der Waals surface area contributed by atoms with Gasteiger partial charge in [0.15, 0.2) is 0 Å². The fraction of sp³-hybridized carbons (Fsp3) is 0.300. The van der Waals surface area contributed by atoms with E-state index < -0.39 is 0 Å². The van der Waals surface area contributed by atoms with Gasteiger partial charge < -0.3 is 4.90 Å². The Balaban J connectivity index is 2.35. The first kappa shape index (κ1) is 8.06. The average Bonchev–Trinajstić information content (AvgIpc) is 2.00. The fourth-order valence-electron chi connectivity index (χ4n) is 1.40. The van der Waals surface area contributed by atoms with Gasteiger partial charge in [0.2, 0.25) is 0 Å². The molecule has 0 saturated carbocycles.